The van der Waals surface area contributed by atoms with Crippen LogP contribution in [0.2, 0.25) is 0 Å². The Kier molecular flexibility index (Phi) is 1.99. The zero-order valence-electron chi connectivity index (χ0n) is 8.51. The number of fused-ring (bicyclic) bond motifs is 3. The van der Waals surface area contributed by atoms with Gasteiger partial charge in [-0.15, -0.1) is 0 Å². The van der Waals surface area contributed by atoms with Crippen molar-refractivity contribution in [3.63, 3.8) is 0 Å². The summed E-state index contributed by atoms with van der Waals surface area (Å²) in [6, 6.07) is 13.3. The van der Waals surface area contributed by atoms with Crippen LogP contribution in [-0.4, -0.2) is 22.2 Å². The molecule has 2 aromatic carbocycles. The topological polar surface area (TPSA) is 56.2 Å². The Bertz CT molecular complexity index is 660. The molecule has 0 bridgehead atoms. The number of para-hydroxylation sites is 1. The SMILES string of the molecule is OB(O)c1ccc2[nH]c3ccccc3c2c1. The molecule has 1 heterocycles. The minimum Gasteiger partial charge on any atom is -0.423 e. The first-order valence-electron chi connectivity index (χ1n) is 5.12. The van der Waals surface area contributed by atoms with E-state index >= 15 is 0 Å². The van der Waals surface area contributed by atoms with Crippen molar-refractivity contribution in [3.05, 3.63) is 42.5 Å². The Balaban J connectivity index is 2.40. The van der Waals surface area contributed by atoms with E-state index in [0.717, 1.165) is 21.8 Å². The normalized spacial score (nSPS) is 11.1. The summed E-state index contributed by atoms with van der Waals surface area (Å²) in [7, 11) is -1.42. The van der Waals surface area contributed by atoms with E-state index in [1.54, 1.807) is 12.1 Å². The second kappa shape index (κ2) is 3.37. The Morgan fingerprint density at radius 1 is 0.875 bits per heavy atom. The van der Waals surface area contributed by atoms with Crippen molar-refractivity contribution in [2.75, 3.05) is 0 Å². The van der Waals surface area contributed by atoms with E-state index in [1.807, 2.05) is 30.3 Å². The highest BCUT2D eigenvalue weighted by Crippen LogP contribution is 2.23. The standard InChI is InChI=1S/C12H10BNO2/c15-13(16)8-5-6-12-10(7-8)9-3-1-2-4-11(9)14-12/h1-7,14-16H. The van der Waals surface area contributed by atoms with Gasteiger partial charge in [-0.25, -0.2) is 0 Å². The first-order valence-corrected chi connectivity index (χ1v) is 5.12. The van der Waals surface area contributed by atoms with Crippen molar-refractivity contribution in [3.8, 4) is 0 Å². The van der Waals surface area contributed by atoms with Crippen molar-refractivity contribution in [1.29, 1.82) is 0 Å². The van der Waals surface area contributed by atoms with Gasteiger partial charge in [0.1, 0.15) is 0 Å². The Labute approximate surface area is 92.5 Å². The number of aromatic amines is 1. The maximum absolute atomic E-state index is 9.14. The fourth-order valence-corrected chi connectivity index (χ4v) is 2.03. The van der Waals surface area contributed by atoms with Gasteiger partial charge in [-0.1, -0.05) is 30.3 Å². The van der Waals surface area contributed by atoms with Gasteiger partial charge < -0.3 is 15.0 Å². The molecule has 16 heavy (non-hydrogen) atoms. The average molecular weight is 211 g/mol. The van der Waals surface area contributed by atoms with E-state index in [4.69, 9.17) is 10.0 Å². The second-order valence-electron chi connectivity index (χ2n) is 3.85. The first-order chi connectivity index (χ1) is 7.75. The fourth-order valence-electron chi connectivity index (χ4n) is 2.03. The molecular weight excluding hydrogens is 201 g/mol. The van der Waals surface area contributed by atoms with Crippen molar-refractivity contribution < 1.29 is 10.0 Å². The van der Waals surface area contributed by atoms with Gasteiger partial charge in [-0.05, 0) is 17.6 Å². The van der Waals surface area contributed by atoms with Crippen LogP contribution in [0.5, 0.6) is 0 Å². The summed E-state index contributed by atoms with van der Waals surface area (Å²) in [4.78, 5) is 3.28. The Morgan fingerprint density at radius 3 is 2.44 bits per heavy atom. The highest BCUT2D eigenvalue weighted by atomic mass is 16.4. The van der Waals surface area contributed by atoms with Crippen molar-refractivity contribution in [2.45, 2.75) is 0 Å². The van der Waals surface area contributed by atoms with Crippen LogP contribution >= 0.6 is 0 Å². The van der Waals surface area contributed by atoms with Crippen LogP contribution in [0.25, 0.3) is 21.8 Å². The lowest BCUT2D eigenvalue weighted by molar-refractivity contribution is 0.426. The maximum atomic E-state index is 9.14. The molecule has 0 aliphatic rings. The Morgan fingerprint density at radius 2 is 1.62 bits per heavy atom. The largest absolute Gasteiger partial charge is 0.488 e. The third-order valence-electron chi connectivity index (χ3n) is 2.83. The van der Waals surface area contributed by atoms with E-state index in [9.17, 15) is 0 Å². The maximum Gasteiger partial charge on any atom is 0.488 e. The molecule has 0 aliphatic heterocycles. The van der Waals surface area contributed by atoms with E-state index in [0.29, 0.717) is 5.46 Å². The van der Waals surface area contributed by atoms with Crippen molar-refractivity contribution >= 4 is 34.4 Å². The van der Waals surface area contributed by atoms with Crippen LogP contribution in [0.4, 0.5) is 0 Å². The molecule has 3 aromatic rings. The van der Waals surface area contributed by atoms with Crippen LogP contribution in [0.3, 0.4) is 0 Å². The van der Waals surface area contributed by atoms with Gasteiger partial charge in [0.2, 0.25) is 0 Å². The Hall–Kier alpha value is -1.78. The third-order valence-corrected chi connectivity index (χ3v) is 2.83. The van der Waals surface area contributed by atoms with Gasteiger partial charge in [0, 0.05) is 21.8 Å². The number of hydrogen-bond acceptors (Lipinski definition) is 2. The summed E-state index contributed by atoms with van der Waals surface area (Å²) < 4.78 is 0. The zero-order valence-corrected chi connectivity index (χ0v) is 8.51. The molecule has 78 valence electrons. The molecule has 0 fully saturated rings. The lowest BCUT2D eigenvalue weighted by Gasteiger charge is -1.98. The van der Waals surface area contributed by atoms with Crippen LogP contribution < -0.4 is 5.46 Å². The zero-order chi connectivity index (χ0) is 11.1. The summed E-state index contributed by atoms with van der Waals surface area (Å²) in [5.74, 6) is 0. The van der Waals surface area contributed by atoms with Gasteiger partial charge >= 0.3 is 7.12 Å². The molecule has 0 saturated carbocycles. The minimum atomic E-state index is -1.42. The van der Waals surface area contributed by atoms with Crippen LogP contribution in [0.15, 0.2) is 42.5 Å². The van der Waals surface area contributed by atoms with Crippen molar-refractivity contribution in [2.24, 2.45) is 0 Å². The number of aromatic nitrogens is 1. The average Bonchev–Trinajstić information content (AvgIpc) is 2.66. The number of nitrogens with one attached hydrogen (secondary N) is 1. The number of rotatable bonds is 1. The molecule has 4 heteroatoms. The molecule has 3 rings (SSSR count). The highest BCUT2D eigenvalue weighted by Gasteiger charge is 2.12. The third kappa shape index (κ3) is 1.32. The predicted molar refractivity (Wildman–Crippen MR) is 65.6 cm³/mol. The number of H-pyrrole nitrogens is 1. The van der Waals surface area contributed by atoms with E-state index in [2.05, 4.69) is 4.98 Å². The molecular formula is C12H10BNO2. The van der Waals surface area contributed by atoms with Gasteiger partial charge in [-0.3, -0.25) is 0 Å². The van der Waals surface area contributed by atoms with Gasteiger partial charge in [-0.2, -0.15) is 0 Å². The fraction of sp³-hybridized carbons (Fsp3) is 0. The van der Waals surface area contributed by atoms with Gasteiger partial charge in [0.15, 0.2) is 0 Å². The monoisotopic (exact) mass is 211 g/mol. The predicted octanol–water partition coefficient (Wildman–Crippen LogP) is 1.00. The van der Waals surface area contributed by atoms with Crippen LogP contribution in [0.1, 0.15) is 0 Å². The highest BCUT2D eigenvalue weighted by molar-refractivity contribution is 6.59. The molecule has 0 atom stereocenters. The summed E-state index contributed by atoms with van der Waals surface area (Å²) in [6.07, 6.45) is 0. The molecule has 1 aromatic heterocycles. The van der Waals surface area contributed by atoms with Gasteiger partial charge in [0.05, 0.1) is 0 Å². The second-order valence-corrected chi connectivity index (χ2v) is 3.85. The van der Waals surface area contributed by atoms with Crippen molar-refractivity contribution in [1.82, 2.24) is 4.98 Å². The summed E-state index contributed by atoms with van der Waals surface area (Å²) in [5, 5.41) is 20.4. The molecule has 0 spiro atoms. The summed E-state index contributed by atoms with van der Waals surface area (Å²) in [5.41, 5.74) is 2.57. The lowest BCUT2D eigenvalue weighted by Crippen LogP contribution is -2.29. The van der Waals surface area contributed by atoms with Crippen LogP contribution in [0, 0.1) is 0 Å². The molecule has 3 nitrogen and oxygen atoms in total. The quantitative estimate of drug-likeness (QED) is 0.526. The molecule has 0 amide bonds. The molecule has 0 aliphatic carbocycles. The van der Waals surface area contributed by atoms with E-state index in [1.165, 1.54) is 0 Å². The molecule has 0 unspecified atom stereocenters. The molecule has 0 radical (unpaired) electrons. The minimum absolute atomic E-state index is 0.511. The van der Waals surface area contributed by atoms with E-state index < -0.39 is 7.12 Å². The smallest absolute Gasteiger partial charge is 0.423 e. The van der Waals surface area contributed by atoms with Gasteiger partial charge in [0.25, 0.3) is 0 Å². The number of hydrogen-bond donors (Lipinski definition) is 3. The molecule has 0 saturated heterocycles. The molecule has 3 N–H and O–H groups in total. The lowest BCUT2D eigenvalue weighted by atomic mass is 9.80. The van der Waals surface area contributed by atoms with Crippen LogP contribution in [-0.2, 0) is 0 Å². The summed E-state index contributed by atoms with van der Waals surface area (Å²) >= 11 is 0. The first kappa shape index (κ1) is 9.45. The van der Waals surface area contributed by atoms with E-state index in [-0.39, 0.29) is 0 Å². The number of benzene rings is 2. The summed E-state index contributed by atoms with van der Waals surface area (Å²) in [6.45, 7) is 0.